The lowest BCUT2D eigenvalue weighted by Crippen LogP contribution is -2.29. The van der Waals surface area contributed by atoms with Crippen LogP contribution in [0.2, 0.25) is 10.0 Å². The number of thioether (sulfide) groups is 1. The second-order valence-electron chi connectivity index (χ2n) is 9.90. The molecule has 0 spiro atoms. The number of halogens is 2. The van der Waals surface area contributed by atoms with Crippen molar-refractivity contribution in [3.8, 4) is 11.5 Å². The van der Waals surface area contributed by atoms with Gasteiger partial charge in [-0.1, -0.05) is 84.3 Å². The number of ketones is 1. The number of amides is 1. The van der Waals surface area contributed by atoms with Crippen LogP contribution in [0.3, 0.4) is 0 Å². The number of carbonyl (C=O) groups is 2. The van der Waals surface area contributed by atoms with E-state index in [0.29, 0.717) is 49.4 Å². The summed E-state index contributed by atoms with van der Waals surface area (Å²) in [4.78, 5) is 28.5. The first-order valence-electron chi connectivity index (χ1n) is 13.9. The summed E-state index contributed by atoms with van der Waals surface area (Å²) in [5.41, 5.74) is 1.77. The SMILES string of the molecule is CCCCCOc1cccc(C2/C(=C(\O)c3ccc(OC)cc3)C(=O)C(=O)N2c2nnc(SCc3ccc(Cl)cc3Cl)s2)c1. The lowest BCUT2D eigenvalue weighted by atomic mass is 9.95. The van der Waals surface area contributed by atoms with Crippen molar-refractivity contribution in [2.75, 3.05) is 18.6 Å². The van der Waals surface area contributed by atoms with E-state index in [2.05, 4.69) is 17.1 Å². The van der Waals surface area contributed by atoms with Crippen LogP contribution >= 0.6 is 46.3 Å². The van der Waals surface area contributed by atoms with Gasteiger partial charge in [0.2, 0.25) is 5.13 Å². The van der Waals surface area contributed by atoms with Crippen LogP contribution in [0.15, 0.2) is 76.6 Å². The number of aliphatic hydroxyl groups excluding tert-OH is 1. The monoisotopic (exact) mass is 669 g/mol. The fourth-order valence-corrected chi connectivity index (χ4v) is 7.13. The zero-order valence-corrected chi connectivity index (χ0v) is 27.1. The van der Waals surface area contributed by atoms with Crippen molar-refractivity contribution in [3.63, 3.8) is 0 Å². The number of anilines is 1. The second-order valence-corrected chi connectivity index (χ2v) is 12.9. The van der Waals surface area contributed by atoms with Crippen LogP contribution in [0.25, 0.3) is 5.76 Å². The third-order valence-electron chi connectivity index (χ3n) is 6.97. The molecule has 1 aromatic heterocycles. The molecular weight excluding hydrogens is 641 g/mol. The standard InChI is InChI=1S/C32H29Cl2N3O5S2/c1-3-4-5-15-42-24-8-6-7-20(16-24)27-26(28(38)19-10-13-23(41-2)14-11-19)29(39)30(40)37(27)31-35-36-32(44-31)43-18-21-9-12-22(33)17-25(21)34/h6-14,16-17,27,38H,3-5,15,18H2,1-2H3/b28-26+. The van der Waals surface area contributed by atoms with Gasteiger partial charge in [0.15, 0.2) is 4.34 Å². The topological polar surface area (TPSA) is 102 Å². The number of hydrogen-bond donors (Lipinski definition) is 1. The lowest BCUT2D eigenvalue weighted by Gasteiger charge is -2.23. The first-order chi connectivity index (χ1) is 21.3. The third-order valence-corrected chi connectivity index (χ3v) is 9.66. The van der Waals surface area contributed by atoms with E-state index in [9.17, 15) is 14.7 Å². The molecule has 1 fully saturated rings. The number of rotatable bonds is 12. The molecule has 1 amide bonds. The summed E-state index contributed by atoms with van der Waals surface area (Å²) in [6, 6.07) is 18.1. The minimum atomic E-state index is -0.965. The summed E-state index contributed by atoms with van der Waals surface area (Å²) in [5, 5.41) is 21.3. The van der Waals surface area contributed by atoms with E-state index in [-0.39, 0.29) is 16.5 Å². The molecule has 0 aliphatic carbocycles. The summed E-state index contributed by atoms with van der Waals surface area (Å²) in [6.45, 7) is 2.66. The highest BCUT2D eigenvalue weighted by molar-refractivity contribution is 8.00. The molecule has 1 saturated heterocycles. The highest BCUT2D eigenvalue weighted by Gasteiger charge is 2.48. The Morgan fingerprint density at radius 2 is 1.82 bits per heavy atom. The molecule has 44 heavy (non-hydrogen) atoms. The van der Waals surface area contributed by atoms with Crippen LogP contribution in [0.5, 0.6) is 11.5 Å². The summed E-state index contributed by atoms with van der Waals surface area (Å²) < 4.78 is 11.8. The number of unbranched alkanes of at least 4 members (excludes halogenated alkanes) is 2. The van der Waals surface area contributed by atoms with Crippen LogP contribution in [0.4, 0.5) is 5.13 Å². The number of hydrogen-bond acceptors (Lipinski definition) is 9. The number of aromatic nitrogens is 2. The smallest absolute Gasteiger partial charge is 0.301 e. The Kier molecular flexibility index (Phi) is 10.5. The predicted octanol–water partition coefficient (Wildman–Crippen LogP) is 8.34. The van der Waals surface area contributed by atoms with Crippen LogP contribution in [-0.2, 0) is 15.3 Å². The highest BCUT2D eigenvalue weighted by atomic mass is 35.5. The zero-order chi connectivity index (χ0) is 31.2. The van der Waals surface area contributed by atoms with Crippen molar-refractivity contribution in [2.24, 2.45) is 0 Å². The molecule has 228 valence electrons. The van der Waals surface area contributed by atoms with Gasteiger partial charge in [-0.2, -0.15) is 0 Å². The van der Waals surface area contributed by atoms with Crippen molar-refractivity contribution in [3.05, 3.63) is 99.0 Å². The Hall–Kier alpha value is -3.57. The number of carbonyl (C=O) groups excluding carboxylic acids is 2. The Labute approximate surface area is 273 Å². The van der Waals surface area contributed by atoms with Crippen molar-refractivity contribution in [1.29, 1.82) is 0 Å². The van der Waals surface area contributed by atoms with Gasteiger partial charge in [0, 0.05) is 21.4 Å². The minimum absolute atomic E-state index is 0.0550. The Balaban J connectivity index is 1.51. The van der Waals surface area contributed by atoms with Crippen LogP contribution in [0, 0.1) is 0 Å². The summed E-state index contributed by atoms with van der Waals surface area (Å²) in [7, 11) is 1.54. The Morgan fingerprint density at radius 1 is 1.02 bits per heavy atom. The van der Waals surface area contributed by atoms with Gasteiger partial charge in [-0.3, -0.25) is 14.5 Å². The Bertz CT molecular complexity index is 1690. The number of benzene rings is 3. The average molecular weight is 671 g/mol. The molecule has 12 heteroatoms. The lowest BCUT2D eigenvalue weighted by molar-refractivity contribution is -0.132. The van der Waals surface area contributed by atoms with E-state index in [4.69, 9.17) is 32.7 Å². The summed E-state index contributed by atoms with van der Waals surface area (Å²) >= 11 is 14.9. The number of methoxy groups -OCH3 is 1. The first kappa shape index (κ1) is 31.8. The molecule has 1 unspecified atom stereocenters. The molecule has 3 aromatic carbocycles. The fourth-order valence-electron chi connectivity index (χ4n) is 4.70. The second kappa shape index (κ2) is 14.5. The molecular formula is C32H29Cl2N3O5S2. The maximum atomic E-state index is 13.6. The van der Waals surface area contributed by atoms with Crippen LogP contribution in [-0.4, -0.2) is 40.7 Å². The molecule has 4 aromatic rings. The molecule has 5 rings (SSSR count). The normalized spacial score (nSPS) is 16.0. The van der Waals surface area contributed by atoms with Gasteiger partial charge >= 0.3 is 5.91 Å². The van der Waals surface area contributed by atoms with Gasteiger partial charge in [0.25, 0.3) is 5.78 Å². The number of Topliss-reactive ketones (excluding diaryl/α,β-unsaturated/α-hetero) is 1. The Morgan fingerprint density at radius 3 is 2.55 bits per heavy atom. The molecule has 0 bridgehead atoms. The van der Waals surface area contributed by atoms with Crippen LogP contribution < -0.4 is 14.4 Å². The summed E-state index contributed by atoms with van der Waals surface area (Å²) in [6.07, 6.45) is 3.02. The quantitative estimate of drug-likeness (QED) is 0.0401. The molecule has 1 aliphatic rings. The molecule has 1 aliphatic heterocycles. The van der Waals surface area contributed by atoms with Crippen molar-refractivity contribution in [2.45, 2.75) is 42.3 Å². The van der Waals surface area contributed by atoms with Crippen molar-refractivity contribution >= 4 is 68.9 Å². The van der Waals surface area contributed by atoms with E-state index in [0.717, 1.165) is 24.8 Å². The van der Waals surface area contributed by atoms with Gasteiger partial charge in [0.05, 0.1) is 25.3 Å². The van der Waals surface area contributed by atoms with E-state index in [1.807, 2.05) is 12.1 Å². The van der Waals surface area contributed by atoms with Gasteiger partial charge in [-0.05, 0) is 66.1 Å². The highest BCUT2D eigenvalue weighted by Crippen LogP contribution is 2.45. The van der Waals surface area contributed by atoms with E-state index >= 15 is 0 Å². The number of aliphatic hydroxyl groups is 1. The molecule has 8 nitrogen and oxygen atoms in total. The number of ether oxygens (including phenoxy) is 2. The summed E-state index contributed by atoms with van der Waals surface area (Å²) in [5.74, 6) is -0.249. The van der Waals surface area contributed by atoms with E-state index < -0.39 is 17.7 Å². The third kappa shape index (κ3) is 7.04. The van der Waals surface area contributed by atoms with Crippen LogP contribution in [0.1, 0.15) is 48.9 Å². The van der Waals surface area contributed by atoms with Gasteiger partial charge < -0.3 is 14.6 Å². The molecule has 1 N–H and O–H groups in total. The molecule has 2 heterocycles. The predicted molar refractivity (Wildman–Crippen MR) is 175 cm³/mol. The first-order valence-corrected chi connectivity index (χ1v) is 16.4. The van der Waals surface area contributed by atoms with Gasteiger partial charge in [-0.25, -0.2) is 0 Å². The average Bonchev–Trinajstić information content (AvgIpc) is 3.60. The van der Waals surface area contributed by atoms with Crippen molar-refractivity contribution < 1.29 is 24.2 Å². The van der Waals surface area contributed by atoms with Gasteiger partial charge in [-0.15, -0.1) is 10.2 Å². The fraction of sp³-hybridized carbons (Fsp3) is 0.250. The van der Waals surface area contributed by atoms with E-state index in [1.54, 1.807) is 54.6 Å². The molecule has 0 saturated carbocycles. The number of nitrogens with zero attached hydrogens (tertiary/aromatic N) is 3. The van der Waals surface area contributed by atoms with E-state index in [1.165, 1.54) is 35.1 Å². The maximum Gasteiger partial charge on any atom is 0.301 e. The molecule has 1 atom stereocenters. The zero-order valence-electron chi connectivity index (χ0n) is 24.0. The maximum absolute atomic E-state index is 13.6. The molecule has 0 radical (unpaired) electrons. The largest absolute Gasteiger partial charge is 0.507 e. The van der Waals surface area contributed by atoms with Gasteiger partial charge in [0.1, 0.15) is 17.3 Å². The minimum Gasteiger partial charge on any atom is -0.507 e. The van der Waals surface area contributed by atoms with Crippen molar-refractivity contribution in [1.82, 2.24) is 10.2 Å².